The van der Waals surface area contributed by atoms with Crippen LogP contribution < -0.4 is 10.6 Å². The Bertz CT molecular complexity index is 640. The SMILES string of the molecule is Cc1nc(CNC(=O)N[C@@H](C)Cc2c(F)cccc2F)cs1. The molecule has 2 aromatic rings. The predicted octanol–water partition coefficient (Wildman–Crippen LogP) is 3.16. The monoisotopic (exact) mass is 325 g/mol. The maximum absolute atomic E-state index is 13.5. The molecule has 22 heavy (non-hydrogen) atoms. The van der Waals surface area contributed by atoms with Crippen LogP contribution in [0.2, 0.25) is 0 Å². The van der Waals surface area contributed by atoms with Gasteiger partial charge in [-0.05, 0) is 32.4 Å². The Balaban J connectivity index is 1.83. The van der Waals surface area contributed by atoms with E-state index in [2.05, 4.69) is 15.6 Å². The Labute approximate surface area is 131 Å². The minimum Gasteiger partial charge on any atom is -0.335 e. The molecular weight excluding hydrogens is 308 g/mol. The van der Waals surface area contributed by atoms with Crippen LogP contribution >= 0.6 is 11.3 Å². The van der Waals surface area contributed by atoms with Gasteiger partial charge in [-0.3, -0.25) is 0 Å². The fourth-order valence-electron chi connectivity index (χ4n) is 2.02. The lowest BCUT2D eigenvalue weighted by atomic mass is 10.1. The maximum atomic E-state index is 13.5. The zero-order valence-electron chi connectivity index (χ0n) is 12.3. The van der Waals surface area contributed by atoms with Crippen molar-refractivity contribution in [2.45, 2.75) is 32.9 Å². The number of benzene rings is 1. The van der Waals surface area contributed by atoms with Gasteiger partial charge in [0.1, 0.15) is 11.6 Å². The van der Waals surface area contributed by atoms with E-state index in [4.69, 9.17) is 0 Å². The van der Waals surface area contributed by atoms with E-state index in [9.17, 15) is 13.6 Å². The van der Waals surface area contributed by atoms with Crippen LogP contribution in [0.5, 0.6) is 0 Å². The molecule has 1 atom stereocenters. The number of aryl methyl sites for hydroxylation is 1. The molecule has 0 bridgehead atoms. The fourth-order valence-corrected chi connectivity index (χ4v) is 2.63. The Kier molecular flexibility index (Phi) is 5.43. The largest absolute Gasteiger partial charge is 0.335 e. The van der Waals surface area contributed by atoms with Gasteiger partial charge in [0.2, 0.25) is 0 Å². The van der Waals surface area contributed by atoms with Crippen molar-refractivity contribution in [3.63, 3.8) is 0 Å². The minimum atomic E-state index is -0.605. The minimum absolute atomic E-state index is 0.0228. The number of rotatable bonds is 5. The van der Waals surface area contributed by atoms with Gasteiger partial charge in [-0.25, -0.2) is 18.6 Å². The maximum Gasteiger partial charge on any atom is 0.315 e. The van der Waals surface area contributed by atoms with Crippen molar-refractivity contribution in [3.05, 3.63) is 51.5 Å². The highest BCUT2D eigenvalue weighted by Gasteiger charge is 2.14. The summed E-state index contributed by atoms with van der Waals surface area (Å²) in [6.07, 6.45) is 0.0851. The van der Waals surface area contributed by atoms with Crippen molar-refractivity contribution in [2.24, 2.45) is 0 Å². The van der Waals surface area contributed by atoms with Crippen molar-refractivity contribution in [3.8, 4) is 0 Å². The van der Waals surface area contributed by atoms with Crippen LogP contribution in [0.25, 0.3) is 0 Å². The molecule has 1 aromatic carbocycles. The molecule has 4 nitrogen and oxygen atoms in total. The zero-order chi connectivity index (χ0) is 16.1. The van der Waals surface area contributed by atoms with Gasteiger partial charge < -0.3 is 10.6 Å². The Morgan fingerprint density at radius 3 is 2.64 bits per heavy atom. The number of aromatic nitrogens is 1. The van der Waals surface area contributed by atoms with Crippen molar-refractivity contribution < 1.29 is 13.6 Å². The van der Waals surface area contributed by atoms with Gasteiger partial charge in [0.25, 0.3) is 0 Å². The van der Waals surface area contributed by atoms with Crippen LogP contribution in [0, 0.1) is 18.6 Å². The quantitative estimate of drug-likeness (QED) is 0.887. The average Bonchev–Trinajstić information content (AvgIpc) is 2.86. The van der Waals surface area contributed by atoms with Gasteiger partial charge in [0.05, 0.1) is 17.2 Å². The van der Waals surface area contributed by atoms with Gasteiger partial charge >= 0.3 is 6.03 Å². The van der Waals surface area contributed by atoms with Crippen molar-refractivity contribution in [2.75, 3.05) is 0 Å². The van der Waals surface area contributed by atoms with E-state index < -0.39 is 23.7 Å². The summed E-state index contributed by atoms with van der Waals surface area (Å²) in [7, 11) is 0. The number of amides is 2. The number of nitrogens with zero attached hydrogens (tertiary/aromatic N) is 1. The number of urea groups is 1. The number of carbonyl (C=O) groups excluding carboxylic acids is 1. The summed E-state index contributed by atoms with van der Waals surface area (Å²) in [6.45, 7) is 3.90. The van der Waals surface area contributed by atoms with E-state index in [1.54, 1.807) is 6.92 Å². The van der Waals surface area contributed by atoms with Crippen LogP contribution in [0.4, 0.5) is 13.6 Å². The van der Waals surface area contributed by atoms with Gasteiger partial charge in [-0.2, -0.15) is 0 Å². The molecule has 118 valence electrons. The zero-order valence-corrected chi connectivity index (χ0v) is 13.1. The first-order chi connectivity index (χ1) is 10.5. The van der Waals surface area contributed by atoms with Crippen molar-refractivity contribution >= 4 is 17.4 Å². The molecule has 2 N–H and O–H groups in total. The Morgan fingerprint density at radius 2 is 2.05 bits per heavy atom. The molecule has 0 fully saturated rings. The molecule has 2 amide bonds. The fraction of sp³-hybridized carbons (Fsp3) is 0.333. The second kappa shape index (κ2) is 7.31. The van der Waals surface area contributed by atoms with Crippen LogP contribution in [-0.2, 0) is 13.0 Å². The summed E-state index contributed by atoms with van der Waals surface area (Å²) >= 11 is 1.51. The normalized spacial score (nSPS) is 12.0. The third-order valence-corrected chi connectivity index (χ3v) is 3.87. The molecule has 0 unspecified atom stereocenters. The van der Waals surface area contributed by atoms with Crippen LogP contribution in [0.3, 0.4) is 0 Å². The molecule has 0 aliphatic rings. The summed E-state index contributed by atoms with van der Waals surface area (Å²) in [4.78, 5) is 16.0. The molecule has 1 heterocycles. The lowest BCUT2D eigenvalue weighted by Gasteiger charge is -2.15. The number of thiazole rings is 1. The highest BCUT2D eigenvalue weighted by Crippen LogP contribution is 2.14. The number of hydrogen-bond donors (Lipinski definition) is 2. The topological polar surface area (TPSA) is 54.0 Å². The highest BCUT2D eigenvalue weighted by molar-refractivity contribution is 7.09. The number of carbonyl (C=O) groups is 1. The van der Waals surface area contributed by atoms with E-state index in [0.717, 1.165) is 10.7 Å². The summed E-state index contributed by atoms with van der Waals surface area (Å²) in [5, 5.41) is 8.12. The van der Waals surface area contributed by atoms with Gasteiger partial charge in [-0.1, -0.05) is 6.07 Å². The highest BCUT2D eigenvalue weighted by atomic mass is 32.1. The molecule has 0 aliphatic carbocycles. The lowest BCUT2D eigenvalue weighted by molar-refractivity contribution is 0.237. The van der Waals surface area contributed by atoms with Crippen molar-refractivity contribution in [1.82, 2.24) is 15.6 Å². The smallest absolute Gasteiger partial charge is 0.315 e. The molecular formula is C15H17F2N3OS. The molecule has 0 radical (unpaired) electrons. The average molecular weight is 325 g/mol. The number of nitrogens with one attached hydrogen (secondary N) is 2. The number of hydrogen-bond acceptors (Lipinski definition) is 3. The molecule has 2 rings (SSSR count). The van der Waals surface area contributed by atoms with E-state index >= 15 is 0 Å². The molecule has 0 aliphatic heterocycles. The van der Waals surface area contributed by atoms with Crippen LogP contribution in [0.1, 0.15) is 23.2 Å². The summed E-state index contributed by atoms with van der Waals surface area (Å²) < 4.78 is 27.1. The molecule has 0 spiro atoms. The summed E-state index contributed by atoms with van der Waals surface area (Å²) in [5.74, 6) is -1.21. The van der Waals surface area contributed by atoms with Gasteiger partial charge in [0, 0.05) is 17.0 Å². The van der Waals surface area contributed by atoms with Crippen LogP contribution in [0.15, 0.2) is 23.6 Å². The first kappa shape index (κ1) is 16.4. The van der Waals surface area contributed by atoms with E-state index in [1.807, 2.05) is 12.3 Å². The Hall–Kier alpha value is -2.02. The predicted molar refractivity (Wildman–Crippen MR) is 81.7 cm³/mol. The summed E-state index contributed by atoms with van der Waals surface area (Å²) in [6, 6.07) is 2.93. The third-order valence-electron chi connectivity index (χ3n) is 3.05. The number of halogens is 2. The lowest BCUT2D eigenvalue weighted by Crippen LogP contribution is -2.41. The first-order valence-electron chi connectivity index (χ1n) is 6.84. The first-order valence-corrected chi connectivity index (χ1v) is 7.72. The Morgan fingerprint density at radius 1 is 1.36 bits per heavy atom. The second-order valence-corrected chi connectivity index (χ2v) is 6.05. The molecule has 1 aromatic heterocycles. The molecule has 0 saturated carbocycles. The van der Waals surface area contributed by atoms with E-state index in [-0.39, 0.29) is 12.0 Å². The third kappa shape index (κ3) is 4.49. The molecule has 0 saturated heterocycles. The van der Waals surface area contributed by atoms with Gasteiger partial charge in [0.15, 0.2) is 0 Å². The van der Waals surface area contributed by atoms with Crippen molar-refractivity contribution in [1.29, 1.82) is 0 Å². The van der Waals surface area contributed by atoms with Gasteiger partial charge in [-0.15, -0.1) is 11.3 Å². The summed E-state index contributed by atoms with van der Waals surface area (Å²) in [5.41, 5.74) is 0.760. The van der Waals surface area contributed by atoms with Crippen LogP contribution in [-0.4, -0.2) is 17.1 Å². The van der Waals surface area contributed by atoms with E-state index in [1.165, 1.54) is 29.5 Å². The standard InChI is InChI=1S/C15H17F2N3OS/c1-9(6-12-13(16)4-3-5-14(12)17)19-15(21)18-7-11-8-22-10(2)20-11/h3-5,8-9H,6-7H2,1-2H3,(H2,18,19,21)/t9-/m0/s1. The second-order valence-electron chi connectivity index (χ2n) is 4.99. The molecule has 7 heteroatoms. The van der Waals surface area contributed by atoms with E-state index in [0.29, 0.717) is 6.54 Å².